The van der Waals surface area contributed by atoms with E-state index in [1.807, 2.05) is 24.3 Å². The molecule has 2 aromatic rings. The van der Waals surface area contributed by atoms with E-state index in [1.54, 1.807) is 0 Å². The van der Waals surface area contributed by atoms with Gasteiger partial charge in [0, 0.05) is 18.6 Å². The smallest absolute Gasteiger partial charge is 0.366 e. The SMILES string of the molecule is FC(F)(F)c1ccc(NCc2ccc(CCl)cc2)nc1. The van der Waals surface area contributed by atoms with Crippen molar-refractivity contribution in [3.8, 4) is 0 Å². The molecule has 0 spiro atoms. The third-order valence-corrected chi connectivity index (χ3v) is 3.05. The van der Waals surface area contributed by atoms with Crippen molar-refractivity contribution in [2.24, 2.45) is 0 Å². The Bertz CT molecular complexity index is 550. The van der Waals surface area contributed by atoms with E-state index < -0.39 is 11.7 Å². The van der Waals surface area contributed by atoms with Crippen LogP contribution in [0.3, 0.4) is 0 Å². The maximum Gasteiger partial charge on any atom is 0.417 e. The first kappa shape index (κ1) is 14.7. The van der Waals surface area contributed by atoms with Crippen LogP contribution < -0.4 is 5.32 Å². The summed E-state index contributed by atoms with van der Waals surface area (Å²) in [6, 6.07) is 9.96. The zero-order valence-electron chi connectivity index (χ0n) is 10.4. The predicted molar refractivity (Wildman–Crippen MR) is 72.6 cm³/mol. The lowest BCUT2D eigenvalue weighted by Gasteiger charge is -2.09. The van der Waals surface area contributed by atoms with Crippen LogP contribution in [0.4, 0.5) is 19.0 Å². The summed E-state index contributed by atoms with van der Waals surface area (Å²) in [6.45, 7) is 0.487. The van der Waals surface area contributed by atoms with Crippen molar-refractivity contribution in [2.45, 2.75) is 18.6 Å². The maximum absolute atomic E-state index is 12.4. The molecule has 1 aromatic carbocycles. The Balaban J connectivity index is 1.96. The van der Waals surface area contributed by atoms with Crippen molar-refractivity contribution < 1.29 is 13.2 Å². The van der Waals surface area contributed by atoms with Crippen molar-refractivity contribution in [3.63, 3.8) is 0 Å². The highest BCUT2D eigenvalue weighted by atomic mass is 35.5. The minimum absolute atomic E-state index is 0.402. The summed E-state index contributed by atoms with van der Waals surface area (Å²) < 4.78 is 37.1. The highest BCUT2D eigenvalue weighted by Gasteiger charge is 2.30. The first-order valence-electron chi connectivity index (χ1n) is 5.90. The molecular formula is C14H12ClF3N2. The molecule has 1 aromatic heterocycles. The van der Waals surface area contributed by atoms with E-state index in [0.717, 1.165) is 23.4 Å². The molecule has 0 aliphatic carbocycles. The van der Waals surface area contributed by atoms with Crippen LogP contribution in [-0.4, -0.2) is 4.98 Å². The fourth-order valence-corrected chi connectivity index (χ4v) is 1.78. The summed E-state index contributed by atoms with van der Waals surface area (Å²) in [5, 5.41) is 2.97. The van der Waals surface area contributed by atoms with Gasteiger partial charge in [-0.25, -0.2) is 4.98 Å². The Labute approximate surface area is 119 Å². The Morgan fingerprint density at radius 1 is 1.00 bits per heavy atom. The van der Waals surface area contributed by atoms with Crippen LogP contribution in [0.25, 0.3) is 0 Å². The molecule has 2 rings (SSSR count). The Kier molecular flexibility index (Phi) is 4.49. The molecule has 0 amide bonds. The maximum atomic E-state index is 12.4. The van der Waals surface area contributed by atoms with Crippen LogP contribution in [0.2, 0.25) is 0 Å². The van der Waals surface area contributed by atoms with E-state index in [0.29, 0.717) is 18.2 Å². The molecule has 0 unspecified atom stereocenters. The molecule has 0 radical (unpaired) electrons. The summed E-state index contributed by atoms with van der Waals surface area (Å²) in [5.41, 5.74) is 1.26. The number of pyridine rings is 1. The van der Waals surface area contributed by atoms with Gasteiger partial charge in [-0.05, 0) is 23.3 Å². The zero-order valence-corrected chi connectivity index (χ0v) is 11.2. The molecular weight excluding hydrogens is 289 g/mol. The molecule has 0 bridgehead atoms. The lowest BCUT2D eigenvalue weighted by molar-refractivity contribution is -0.137. The van der Waals surface area contributed by atoms with Gasteiger partial charge in [-0.2, -0.15) is 13.2 Å². The molecule has 0 atom stereocenters. The normalized spacial score (nSPS) is 11.4. The Hall–Kier alpha value is -1.75. The van der Waals surface area contributed by atoms with Crippen molar-refractivity contribution in [1.82, 2.24) is 4.98 Å². The predicted octanol–water partition coefficient (Wildman–Crippen LogP) is 4.45. The van der Waals surface area contributed by atoms with Gasteiger partial charge in [0.05, 0.1) is 5.56 Å². The van der Waals surface area contributed by atoms with Crippen LogP contribution in [-0.2, 0) is 18.6 Å². The average molecular weight is 301 g/mol. The summed E-state index contributed by atoms with van der Waals surface area (Å²) in [4.78, 5) is 3.74. The first-order valence-corrected chi connectivity index (χ1v) is 6.43. The minimum atomic E-state index is -4.36. The van der Waals surface area contributed by atoms with Gasteiger partial charge in [-0.1, -0.05) is 24.3 Å². The monoisotopic (exact) mass is 300 g/mol. The fraction of sp³-hybridized carbons (Fsp3) is 0.214. The molecule has 6 heteroatoms. The molecule has 1 N–H and O–H groups in total. The zero-order chi connectivity index (χ0) is 14.6. The average Bonchev–Trinajstić information content (AvgIpc) is 2.45. The topological polar surface area (TPSA) is 24.9 Å². The van der Waals surface area contributed by atoms with Gasteiger partial charge in [-0.15, -0.1) is 11.6 Å². The number of benzene rings is 1. The van der Waals surface area contributed by atoms with Crippen LogP contribution in [0.15, 0.2) is 42.6 Å². The van der Waals surface area contributed by atoms with E-state index in [9.17, 15) is 13.2 Å². The first-order chi connectivity index (χ1) is 9.49. The highest BCUT2D eigenvalue weighted by molar-refractivity contribution is 6.17. The number of rotatable bonds is 4. The third kappa shape index (κ3) is 3.87. The molecule has 0 aliphatic heterocycles. The van der Waals surface area contributed by atoms with Gasteiger partial charge >= 0.3 is 6.18 Å². The summed E-state index contributed by atoms with van der Waals surface area (Å²) in [7, 11) is 0. The summed E-state index contributed by atoms with van der Waals surface area (Å²) in [5.74, 6) is 0.855. The van der Waals surface area contributed by atoms with Crippen molar-refractivity contribution >= 4 is 17.4 Å². The van der Waals surface area contributed by atoms with Gasteiger partial charge in [0.2, 0.25) is 0 Å². The van der Waals surface area contributed by atoms with Gasteiger partial charge < -0.3 is 5.32 Å². The van der Waals surface area contributed by atoms with E-state index in [2.05, 4.69) is 10.3 Å². The molecule has 0 saturated carbocycles. The molecule has 0 saturated heterocycles. The fourth-order valence-electron chi connectivity index (χ4n) is 1.60. The minimum Gasteiger partial charge on any atom is -0.366 e. The van der Waals surface area contributed by atoms with E-state index in [1.165, 1.54) is 6.07 Å². The van der Waals surface area contributed by atoms with Gasteiger partial charge in [0.15, 0.2) is 0 Å². The number of halogens is 4. The quantitative estimate of drug-likeness (QED) is 0.844. The second kappa shape index (κ2) is 6.13. The van der Waals surface area contributed by atoms with E-state index in [4.69, 9.17) is 11.6 Å². The van der Waals surface area contributed by atoms with Gasteiger partial charge in [-0.3, -0.25) is 0 Å². The van der Waals surface area contributed by atoms with Crippen LogP contribution in [0.1, 0.15) is 16.7 Å². The van der Waals surface area contributed by atoms with Crippen LogP contribution in [0.5, 0.6) is 0 Å². The lowest BCUT2D eigenvalue weighted by Crippen LogP contribution is -2.07. The van der Waals surface area contributed by atoms with Crippen molar-refractivity contribution in [2.75, 3.05) is 5.32 Å². The van der Waals surface area contributed by atoms with Gasteiger partial charge in [0.25, 0.3) is 0 Å². The largest absolute Gasteiger partial charge is 0.417 e. The Morgan fingerprint density at radius 2 is 1.65 bits per heavy atom. The van der Waals surface area contributed by atoms with Gasteiger partial charge in [0.1, 0.15) is 5.82 Å². The number of hydrogen-bond acceptors (Lipinski definition) is 2. The molecule has 0 aliphatic rings. The number of aromatic nitrogens is 1. The Morgan fingerprint density at radius 3 is 2.15 bits per heavy atom. The van der Waals surface area contributed by atoms with E-state index in [-0.39, 0.29) is 0 Å². The highest BCUT2D eigenvalue weighted by Crippen LogP contribution is 2.28. The summed E-state index contributed by atoms with van der Waals surface area (Å²) >= 11 is 5.69. The van der Waals surface area contributed by atoms with Crippen LogP contribution in [0, 0.1) is 0 Å². The standard InChI is InChI=1S/C14H12ClF3N2/c15-7-10-1-3-11(4-2-10)8-19-13-6-5-12(9-20-13)14(16,17)18/h1-6,9H,7-8H2,(H,19,20). The van der Waals surface area contributed by atoms with E-state index >= 15 is 0 Å². The number of anilines is 1. The second-order valence-electron chi connectivity index (χ2n) is 4.23. The second-order valence-corrected chi connectivity index (χ2v) is 4.50. The number of hydrogen-bond donors (Lipinski definition) is 1. The number of alkyl halides is 4. The third-order valence-electron chi connectivity index (χ3n) is 2.74. The number of nitrogens with one attached hydrogen (secondary N) is 1. The van der Waals surface area contributed by atoms with Crippen molar-refractivity contribution in [3.05, 3.63) is 59.3 Å². The number of nitrogens with zero attached hydrogens (tertiary/aromatic N) is 1. The summed E-state index contributed by atoms with van der Waals surface area (Å²) in [6.07, 6.45) is -3.54. The molecule has 106 valence electrons. The lowest BCUT2D eigenvalue weighted by atomic mass is 10.1. The molecule has 0 fully saturated rings. The molecule has 1 heterocycles. The molecule has 20 heavy (non-hydrogen) atoms. The molecule has 2 nitrogen and oxygen atoms in total. The van der Waals surface area contributed by atoms with Crippen molar-refractivity contribution in [1.29, 1.82) is 0 Å². The van der Waals surface area contributed by atoms with Crippen LogP contribution >= 0.6 is 11.6 Å².